The van der Waals surface area contributed by atoms with Gasteiger partial charge in [0.1, 0.15) is 0 Å². The van der Waals surface area contributed by atoms with E-state index in [0.717, 1.165) is 10.6 Å². The van der Waals surface area contributed by atoms with Crippen LogP contribution in [-0.4, -0.2) is 38.5 Å². The van der Waals surface area contributed by atoms with Crippen molar-refractivity contribution in [3.05, 3.63) is 33.8 Å². The first-order valence-corrected chi connectivity index (χ1v) is 7.94. The van der Waals surface area contributed by atoms with Gasteiger partial charge in [0.2, 0.25) is 15.9 Å². The first-order chi connectivity index (χ1) is 8.74. The number of amides is 1. The number of likely N-dealkylation sites (N-methyl/N-ethyl adjacent to an activating group) is 1. The topological polar surface area (TPSA) is 66.5 Å². The zero-order valence-corrected chi connectivity index (χ0v) is 12.8. The fourth-order valence-electron chi connectivity index (χ4n) is 1.37. The lowest BCUT2D eigenvalue weighted by molar-refractivity contribution is -0.120. The summed E-state index contributed by atoms with van der Waals surface area (Å²) in [6, 6.07) is 4.82. The van der Waals surface area contributed by atoms with E-state index in [9.17, 15) is 13.2 Å². The van der Waals surface area contributed by atoms with Crippen molar-refractivity contribution in [2.24, 2.45) is 0 Å². The Labute approximate surface area is 122 Å². The highest BCUT2D eigenvalue weighted by atomic mass is 35.5. The molecule has 0 spiro atoms. The summed E-state index contributed by atoms with van der Waals surface area (Å²) >= 11 is 11.7. The lowest BCUT2D eigenvalue weighted by atomic mass is 10.2. The van der Waals surface area contributed by atoms with Crippen LogP contribution in [0.25, 0.3) is 0 Å². The summed E-state index contributed by atoms with van der Waals surface area (Å²) in [5.41, 5.74) is 0.656. The summed E-state index contributed by atoms with van der Waals surface area (Å²) in [6.45, 7) is -0.182. The number of halogens is 2. The molecule has 19 heavy (non-hydrogen) atoms. The van der Waals surface area contributed by atoms with Gasteiger partial charge >= 0.3 is 0 Å². The molecule has 5 nitrogen and oxygen atoms in total. The van der Waals surface area contributed by atoms with Gasteiger partial charge in [0.05, 0.1) is 22.8 Å². The van der Waals surface area contributed by atoms with Crippen LogP contribution in [0, 0.1) is 0 Å². The lowest BCUT2D eigenvalue weighted by Crippen LogP contribution is -2.38. The van der Waals surface area contributed by atoms with Gasteiger partial charge in [0, 0.05) is 13.6 Å². The second-order valence-electron chi connectivity index (χ2n) is 3.95. The van der Waals surface area contributed by atoms with E-state index in [1.807, 2.05) is 0 Å². The van der Waals surface area contributed by atoms with Crippen molar-refractivity contribution in [1.82, 2.24) is 9.62 Å². The number of benzene rings is 1. The molecular weight excluding hydrogens is 311 g/mol. The Morgan fingerprint density at radius 2 is 1.95 bits per heavy atom. The van der Waals surface area contributed by atoms with Crippen LogP contribution in [0.4, 0.5) is 0 Å². The Balaban J connectivity index is 2.94. The van der Waals surface area contributed by atoms with Gasteiger partial charge in [-0.2, -0.15) is 4.31 Å². The van der Waals surface area contributed by atoms with Crippen molar-refractivity contribution in [2.45, 2.75) is 6.54 Å². The van der Waals surface area contributed by atoms with E-state index in [-0.39, 0.29) is 19.0 Å². The largest absolute Gasteiger partial charge is 0.358 e. The lowest BCUT2D eigenvalue weighted by Gasteiger charge is -2.19. The highest BCUT2D eigenvalue weighted by Gasteiger charge is 2.20. The normalized spacial score (nSPS) is 11.6. The number of nitrogens with zero attached hydrogens (tertiary/aromatic N) is 1. The van der Waals surface area contributed by atoms with Crippen LogP contribution in [-0.2, 0) is 21.4 Å². The predicted molar refractivity (Wildman–Crippen MR) is 75.8 cm³/mol. The van der Waals surface area contributed by atoms with Gasteiger partial charge in [0.15, 0.2) is 0 Å². The average molecular weight is 325 g/mol. The molecule has 0 aliphatic heterocycles. The SMILES string of the molecule is CNC(=O)CN(Cc1ccc(Cl)c(Cl)c1)S(C)(=O)=O. The molecule has 1 amide bonds. The van der Waals surface area contributed by atoms with E-state index < -0.39 is 10.0 Å². The van der Waals surface area contributed by atoms with Crippen molar-refractivity contribution >= 4 is 39.1 Å². The number of rotatable bonds is 5. The summed E-state index contributed by atoms with van der Waals surface area (Å²) in [6.07, 6.45) is 1.05. The van der Waals surface area contributed by atoms with Gasteiger partial charge in [-0.05, 0) is 17.7 Å². The van der Waals surface area contributed by atoms with Crippen molar-refractivity contribution in [3.63, 3.8) is 0 Å². The zero-order valence-electron chi connectivity index (χ0n) is 10.5. The molecule has 0 aliphatic rings. The molecule has 0 saturated heterocycles. The number of carbonyl (C=O) groups is 1. The van der Waals surface area contributed by atoms with E-state index in [2.05, 4.69) is 5.32 Å². The number of carbonyl (C=O) groups excluding carboxylic acids is 1. The molecule has 0 bridgehead atoms. The highest BCUT2D eigenvalue weighted by molar-refractivity contribution is 7.88. The molecule has 106 valence electrons. The summed E-state index contributed by atoms with van der Waals surface area (Å²) < 4.78 is 24.3. The molecule has 0 aliphatic carbocycles. The van der Waals surface area contributed by atoms with Crippen LogP contribution >= 0.6 is 23.2 Å². The van der Waals surface area contributed by atoms with E-state index in [0.29, 0.717) is 15.6 Å². The smallest absolute Gasteiger partial charge is 0.235 e. The van der Waals surface area contributed by atoms with Crippen LogP contribution in [0.15, 0.2) is 18.2 Å². The van der Waals surface area contributed by atoms with Crippen LogP contribution in [0.3, 0.4) is 0 Å². The highest BCUT2D eigenvalue weighted by Crippen LogP contribution is 2.23. The summed E-state index contributed by atoms with van der Waals surface area (Å²) in [7, 11) is -2.05. The third-order valence-corrected chi connectivity index (χ3v) is 4.35. The van der Waals surface area contributed by atoms with Crippen molar-refractivity contribution in [2.75, 3.05) is 19.8 Å². The molecule has 1 rings (SSSR count). The molecule has 0 aromatic heterocycles. The summed E-state index contributed by atoms with van der Waals surface area (Å²) in [5, 5.41) is 3.11. The Bertz CT molecular complexity index is 575. The fraction of sp³-hybridized carbons (Fsp3) is 0.364. The van der Waals surface area contributed by atoms with Gasteiger partial charge in [-0.15, -0.1) is 0 Å². The monoisotopic (exact) mass is 324 g/mol. The molecule has 0 unspecified atom stereocenters. The van der Waals surface area contributed by atoms with Crippen LogP contribution < -0.4 is 5.32 Å². The van der Waals surface area contributed by atoms with Gasteiger partial charge in [0.25, 0.3) is 0 Å². The molecule has 1 aromatic rings. The predicted octanol–water partition coefficient (Wildman–Crippen LogP) is 1.50. The Hall–Kier alpha value is -0.820. The number of hydrogen-bond acceptors (Lipinski definition) is 3. The standard InChI is InChI=1S/C11H14Cl2N2O3S/c1-14-11(16)7-15(19(2,17)18)6-8-3-4-9(12)10(13)5-8/h3-5H,6-7H2,1-2H3,(H,14,16). The van der Waals surface area contributed by atoms with E-state index in [4.69, 9.17) is 23.2 Å². The maximum absolute atomic E-state index is 11.6. The maximum Gasteiger partial charge on any atom is 0.235 e. The Morgan fingerprint density at radius 1 is 1.32 bits per heavy atom. The Morgan fingerprint density at radius 3 is 2.42 bits per heavy atom. The number of sulfonamides is 1. The molecule has 0 radical (unpaired) electrons. The van der Waals surface area contributed by atoms with Crippen molar-refractivity contribution < 1.29 is 13.2 Å². The first-order valence-electron chi connectivity index (χ1n) is 5.33. The minimum Gasteiger partial charge on any atom is -0.358 e. The molecule has 0 heterocycles. The molecule has 1 N–H and O–H groups in total. The minimum atomic E-state index is -3.49. The third kappa shape index (κ3) is 4.99. The number of nitrogens with one attached hydrogen (secondary N) is 1. The summed E-state index contributed by atoms with van der Waals surface area (Å²) in [5.74, 6) is -0.384. The Kier molecular flexibility index (Phi) is 5.61. The molecule has 0 fully saturated rings. The third-order valence-electron chi connectivity index (χ3n) is 2.41. The van der Waals surface area contributed by atoms with Crippen LogP contribution in [0.1, 0.15) is 5.56 Å². The molecule has 0 atom stereocenters. The van der Waals surface area contributed by atoms with Crippen LogP contribution in [0.5, 0.6) is 0 Å². The average Bonchev–Trinajstić information content (AvgIpc) is 2.31. The molecule has 8 heteroatoms. The van der Waals surface area contributed by atoms with E-state index >= 15 is 0 Å². The molecular formula is C11H14Cl2N2O3S. The number of hydrogen-bond donors (Lipinski definition) is 1. The first kappa shape index (κ1) is 16.2. The molecule has 1 aromatic carbocycles. The van der Waals surface area contributed by atoms with Gasteiger partial charge in [-0.3, -0.25) is 4.79 Å². The second-order valence-corrected chi connectivity index (χ2v) is 6.75. The second kappa shape index (κ2) is 6.56. The zero-order chi connectivity index (χ0) is 14.6. The van der Waals surface area contributed by atoms with Crippen molar-refractivity contribution in [1.29, 1.82) is 0 Å². The summed E-state index contributed by atoms with van der Waals surface area (Å²) in [4.78, 5) is 11.3. The minimum absolute atomic E-state index is 0.0587. The van der Waals surface area contributed by atoms with Crippen LogP contribution in [0.2, 0.25) is 10.0 Å². The van der Waals surface area contributed by atoms with E-state index in [1.54, 1.807) is 18.2 Å². The van der Waals surface area contributed by atoms with E-state index in [1.165, 1.54) is 7.05 Å². The quantitative estimate of drug-likeness (QED) is 0.892. The fourth-order valence-corrected chi connectivity index (χ4v) is 2.43. The van der Waals surface area contributed by atoms with Crippen molar-refractivity contribution in [3.8, 4) is 0 Å². The molecule has 0 saturated carbocycles. The van der Waals surface area contributed by atoms with Gasteiger partial charge in [-0.1, -0.05) is 29.3 Å². The van der Waals surface area contributed by atoms with Gasteiger partial charge < -0.3 is 5.32 Å². The maximum atomic E-state index is 11.6. The van der Waals surface area contributed by atoms with Gasteiger partial charge in [-0.25, -0.2) is 8.42 Å².